The fraction of sp³-hybridized carbons (Fsp3) is 0. The van der Waals surface area contributed by atoms with E-state index in [1.54, 1.807) is 0 Å². The summed E-state index contributed by atoms with van der Waals surface area (Å²) >= 11 is -11.2. The van der Waals surface area contributed by atoms with E-state index in [1.165, 1.54) is 0 Å². The van der Waals surface area contributed by atoms with Crippen LogP contribution in [-0.4, -0.2) is 22.5 Å². The van der Waals surface area contributed by atoms with Gasteiger partial charge in [-0.15, -0.1) is 0 Å². The van der Waals surface area contributed by atoms with E-state index in [0.29, 0.717) is 0 Å². The first-order valence-corrected chi connectivity index (χ1v) is 6.35. The Labute approximate surface area is 255 Å². The molecular formula is C2H2K2Mn2Na2O14. The third-order valence-electron chi connectivity index (χ3n) is 0. The van der Waals surface area contributed by atoms with Crippen molar-refractivity contribution < 1.29 is 249 Å². The van der Waals surface area contributed by atoms with Crippen LogP contribution in [0, 0.1) is 0 Å². The molecule has 0 atom stereocenters. The molecule has 0 saturated carbocycles. The minimum absolute atomic E-state index is 0. The van der Waals surface area contributed by atoms with Crippen molar-refractivity contribution >= 4 is 12.3 Å². The SMILES string of the molecule is O=C([O-])O.O=C([O-])O.[K+].[K+].[Na+].[Na+].[O]=[Mn](=[O])(=[O])[O-].[O]=[Mn](=[O])(=[O])[O-]. The Balaban J connectivity index is -0.0000000188. The monoisotopic (exact) mass is 484 g/mol. The van der Waals surface area contributed by atoms with Crippen LogP contribution in [0.5, 0.6) is 0 Å². The van der Waals surface area contributed by atoms with Gasteiger partial charge < -0.3 is 30.0 Å². The second-order valence-corrected chi connectivity index (χ2v) is 3.65. The van der Waals surface area contributed by atoms with Crippen molar-refractivity contribution in [2.45, 2.75) is 0 Å². The first-order valence-electron chi connectivity index (χ1n) is 2.50. The quantitative estimate of drug-likeness (QED) is 0.302. The first kappa shape index (κ1) is 50.0. The molecule has 0 amide bonds. The minimum atomic E-state index is -5.62. The zero-order valence-electron chi connectivity index (χ0n) is 11.5. The molecule has 14 nitrogen and oxygen atoms in total. The van der Waals surface area contributed by atoms with Gasteiger partial charge in [-0.1, -0.05) is 0 Å². The van der Waals surface area contributed by atoms with Gasteiger partial charge in [0, 0.05) is 0 Å². The number of hydrogen-bond acceptors (Lipinski definition) is 12. The first-order chi connectivity index (χ1) is 7.46. The molecule has 0 aliphatic rings. The Morgan fingerprint density at radius 1 is 0.636 bits per heavy atom. The van der Waals surface area contributed by atoms with Gasteiger partial charge in [0.15, 0.2) is 0 Å². The fourth-order valence-corrected chi connectivity index (χ4v) is 0. The van der Waals surface area contributed by atoms with Gasteiger partial charge in [0.2, 0.25) is 12.3 Å². The Morgan fingerprint density at radius 3 is 0.636 bits per heavy atom. The predicted octanol–water partition coefficient (Wildman–Crippen LogP) is -17.3. The molecule has 20 heteroatoms. The number of hydrogen-bond donors (Lipinski definition) is 2. The summed E-state index contributed by atoms with van der Waals surface area (Å²) in [6, 6.07) is 0. The van der Waals surface area contributed by atoms with Gasteiger partial charge in [-0.3, -0.25) is 0 Å². The van der Waals surface area contributed by atoms with Crippen LogP contribution in [0.4, 0.5) is 9.59 Å². The van der Waals surface area contributed by atoms with Crippen LogP contribution in [0.3, 0.4) is 0 Å². The van der Waals surface area contributed by atoms with E-state index in [0.717, 1.165) is 0 Å². The van der Waals surface area contributed by atoms with Crippen LogP contribution in [0.25, 0.3) is 0 Å². The number of carbonyl (C=O) groups is 2. The second-order valence-electron chi connectivity index (χ2n) is 1.29. The molecule has 2 N–H and O–H groups in total. The molecular weight excluding hydrogens is 482 g/mol. The molecule has 0 spiro atoms. The molecule has 0 aromatic rings. The summed E-state index contributed by atoms with van der Waals surface area (Å²) in [4.78, 5) is 16.9. The van der Waals surface area contributed by atoms with Crippen molar-refractivity contribution in [1.29, 1.82) is 0 Å². The van der Waals surface area contributed by atoms with Crippen LogP contribution >= 0.6 is 0 Å². The van der Waals surface area contributed by atoms with Crippen LogP contribution in [0.1, 0.15) is 0 Å². The van der Waals surface area contributed by atoms with E-state index in [9.17, 15) is 0 Å². The van der Waals surface area contributed by atoms with Gasteiger partial charge >= 0.3 is 219 Å². The predicted molar refractivity (Wildman–Crippen MR) is 20.2 cm³/mol. The van der Waals surface area contributed by atoms with Crippen LogP contribution < -0.4 is 180 Å². The van der Waals surface area contributed by atoms with Crippen LogP contribution in [-0.2, 0) is 48.9 Å². The van der Waals surface area contributed by atoms with Crippen molar-refractivity contribution in [3.05, 3.63) is 0 Å². The molecule has 0 saturated heterocycles. The van der Waals surface area contributed by atoms with Gasteiger partial charge in [-0.05, 0) is 0 Å². The summed E-state index contributed by atoms with van der Waals surface area (Å²) in [7, 11) is 0. The normalized spacial score (nSPS) is 7.36. The van der Waals surface area contributed by atoms with E-state index >= 15 is 0 Å². The van der Waals surface area contributed by atoms with Gasteiger partial charge in [-0.2, -0.15) is 0 Å². The topological polar surface area (TPSA) is 269 Å². The maximum atomic E-state index is 8.58. The molecule has 0 fully saturated rings. The summed E-state index contributed by atoms with van der Waals surface area (Å²) in [5.41, 5.74) is 0. The zero-order chi connectivity index (χ0) is 16.2. The third kappa shape index (κ3) is 941. The van der Waals surface area contributed by atoms with Crippen molar-refractivity contribution in [2.24, 2.45) is 0 Å². The molecule has 22 heavy (non-hydrogen) atoms. The Bertz CT molecular complexity index is 462. The molecule has 0 heterocycles. The van der Waals surface area contributed by atoms with E-state index in [2.05, 4.69) is 0 Å². The summed E-state index contributed by atoms with van der Waals surface area (Å²) in [6.07, 6.45) is -4.17. The van der Waals surface area contributed by atoms with E-state index < -0.39 is 38.3 Å². The molecule has 0 unspecified atom stereocenters. The van der Waals surface area contributed by atoms with Gasteiger partial charge in [0.05, 0.1) is 0 Å². The standard InChI is InChI=1S/2CH2O3.2K.2Mn.2Na.8O/c2*2-1(3)4;;;;;;;;;;;;;;/h2*(H2,2,3,4);;;;;;;;;;;;;;/q;;2*+1;;;2*+1;;;;;;;2*-1/p-2. The Morgan fingerprint density at radius 2 is 0.636 bits per heavy atom. The summed E-state index contributed by atoms with van der Waals surface area (Å²) in [6.45, 7) is 0. The molecule has 0 bridgehead atoms. The van der Waals surface area contributed by atoms with Crippen molar-refractivity contribution in [1.82, 2.24) is 0 Å². The van der Waals surface area contributed by atoms with E-state index in [4.69, 9.17) is 61.4 Å². The van der Waals surface area contributed by atoms with Crippen LogP contribution in [0.15, 0.2) is 0 Å². The van der Waals surface area contributed by atoms with Gasteiger partial charge in [0.25, 0.3) is 0 Å². The zero-order valence-corrected chi connectivity index (χ0v) is 24.2. The molecule has 0 radical (unpaired) electrons. The van der Waals surface area contributed by atoms with Crippen LogP contribution in [0.2, 0.25) is 0 Å². The molecule has 0 aliphatic heterocycles. The van der Waals surface area contributed by atoms with Crippen molar-refractivity contribution in [3.8, 4) is 0 Å². The van der Waals surface area contributed by atoms with Gasteiger partial charge in [-0.25, -0.2) is 0 Å². The Kier molecular flexibility index (Phi) is 66.7. The molecule has 0 aromatic heterocycles. The third-order valence-corrected chi connectivity index (χ3v) is 0. The average Bonchev–Trinajstić information content (AvgIpc) is 1.70. The Hall–Kier alpha value is 3.57. The molecule has 112 valence electrons. The molecule has 0 aliphatic carbocycles. The number of rotatable bonds is 0. The maximum absolute atomic E-state index is 8.58. The molecule has 0 aromatic carbocycles. The van der Waals surface area contributed by atoms with E-state index in [-0.39, 0.29) is 162 Å². The fourth-order valence-electron chi connectivity index (χ4n) is 0. The summed E-state index contributed by atoms with van der Waals surface area (Å²) < 4.78 is 68.6. The summed E-state index contributed by atoms with van der Waals surface area (Å²) in [5.74, 6) is 0. The molecule has 0 rings (SSSR count). The van der Waals surface area contributed by atoms with E-state index in [1.807, 2.05) is 0 Å². The number of carboxylic acid groups (broad SMARTS) is 4. The second kappa shape index (κ2) is 29.3. The average molecular weight is 484 g/mol. The van der Waals surface area contributed by atoms with Crippen molar-refractivity contribution in [2.75, 3.05) is 0 Å². The summed E-state index contributed by atoms with van der Waals surface area (Å²) in [5, 5.41) is 30.6. The van der Waals surface area contributed by atoms with Crippen molar-refractivity contribution in [3.63, 3.8) is 0 Å². The van der Waals surface area contributed by atoms with Gasteiger partial charge in [0.1, 0.15) is 0 Å².